The lowest BCUT2D eigenvalue weighted by Gasteiger charge is -2.03. The van der Waals surface area contributed by atoms with Gasteiger partial charge < -0.3 is 0 Å². The molecule has 0 aliphatic carbocycles. The Bertz CT molecular complexity index is 889. The van der Waals surface area contributed by atoms with Crippen LogP contribution in [0.4, 0.5) is 0 Å². The van der Waals surface area contributed by atoms with Crippen molar-refractivity contribution in [3.05, 3.63) is 82.9 Å². The van der Waals surface area contributed by atoms with Crippen LogP contribution in [0.2, 0.25) is 0 Å². The standard InChI is InChI=1S/C25H26/c1-3-5-7-22-14-16-25-19-23(15-17-24(25)18-22)13-12-21-10-8-20(6-4-2)9-11-21/h8-11,14-19H,3-7H2,1-2H3. The molecule has 0 aliphatic rings. The van der Waals surface area contributed by atoms with Gasteiger partial charge in [-0.25, -0.2) is 0 Å². The molecule has 0 heterocycles. The van der Waals surface area contributed by atoms with Gasteiger partial charge in [-0.1, -0.05) is 74.9 Å². The number of aryl methyl sites for hydroxylation is 2. The third kappa shape index (κ3) is 4.74. The fourth-order valence-electron chi connectivity index (χ4n) is 3.10. The first-order valence-electron chi connectivity index (χ1n) is 9.42. The molecule has 0 nitrogen and oxygen atoms in total. The van der Waals surface area contributed by atoms with Gasteiger partial charge in [-0.05, 0) is 65.4 Å². The molecule has 0 radical (unpaired) electrons. The van der Waals surface area contributed by atoms with E-state index in [0.717, 1.165) is 17.5 Å². The Morgan fingerprint density at radius 1 is 0.600 bits per heavy atom. The fourth-order valence-corrected chi connectivity index (χ4v) is 3.10. The summed E-state index contributed by atoms with van der Waals surface area (Å²) in [6, 6.07) is 21.9. The molecule has 3 rings (SSSR count). The van der Waals surface area contributed by atoms with Crippen LogP contribution in [0, 0.1) is 11.8 Å². The Morgan fingerprint density at radius 2 is 1.24 bits per heavy atom. The lowest BCUT2D eigenvalue weighted by Crippen LogP contribution is -1.85. The van der Waals surface area contributed by atoms with Crippen molar-refractivity contribution < 1.29 is 0 Å². The quantitative estimate of drug-likeness (QED) is 0.467. The van der Waals surface area contributed by atoms with Gasteiger partial charge in [0.25, 0.3) is 0 Å². The highest BCUT2D eigenvalue weighted by Crippen LogP contribution is 2.19. The Balaban J connectivity index is 1.78. The van der Waals surface area contributed by atoms with Crippen molar-refractivity contribution in [3.8, 4) is 11.8 Å². The first kappa shape index (κ1) is 17.3. The molecule has 0 amide bonds. The van der Waals surface area contributed by atoms with Gasteiger partial charge in [0.15, 0.2) is 0 Å². The molecule has 126 valence electrons. The Morgan fingerprint density at radius 3 is 2.00 bits per heavy atom. The summed E-state index contributed by atoms with van der Waals surface area (Å²) in [6.45, 7) is 4.45. The van der Waals surface area contributed by atoms with E-state index < -0.39 is 0 Å². The van der Waals surface area contributed by atoms with Crippen LogP contribution in [0.25, 0.3) is 10.8 Å². The van der Waals surface area contributed by atoms with Crippen molar-refractivity contribution in [2.24, 2.45) is 0 Å². The van der Waals surface area contributed by atoms with E-state index in [-0.39, 0.29) is 0 Å². The van der Waals surface area contributed by atoms with Crippen molar-refractivity contribution in [2.75, 3.05) is 0 Å². The molecule has 0 heteroatoms. The van der Waals surface area contributed by atoms with Crippen LogP contribution in [0.5, 0.6) is 0 Å². The van der Waals surface area contributed by atoms with Gasteiger partial charge in [0, 0.05) is 11.1 Å². The highest BCUT2D eigenvalue weighted by molar-refractivity contribution is 5.84. The van der Waals surface area contributed by atoms with Crippen LogP contribution in [-0.4, -0.2) is 0 Å². The maximum Gasteiger partial charge on any atom is 0.0255 e. The number of rotatable bonds is 5. The van der Waals surface area contributed by atoms with Crippen molar-refractivity contribution in [1.29, 1.82) is 0 Å². The number of benzene rings is 3. The molecule has 0 atom stereocenters. The van der Waals surface area contributed by atoms with Crippen LogP contribution in [0.3, 0.4) is 0 Å². The Hall–Kier alpha value is -2.52. The number of hydrogen-bond donors (Lipinski definition) is 0. The molecule has 0 unspecified atom stereocenters. The largest absolute Gasteiger partial charge is 0.0654 e. The molecular weight excluding hydrogens is 300 g/mol. The van der Waals surface area contributed by atoms with Crippen molar-refractivity contribution in [2.45, 2.75) is 46.0 Å². The van der Waals surface area contributed by atoms with Crippen LogP contribution in [0.1, 0.15) is 55.4 Å². The summed E-state index contributed by atoms with van der Waals surface area (Å²) in [5.74, 6) is 6.59. The fraction of sp³-hybridized carbons (Fsp3) is 0.280. The van der Waals surface area contributed by atoms with Gasteiger partial charge in [-0.15, -0.1) is 0 Å². The molecular formula is C25H26. The van der Waals surface area contributed by atoms with Crippen LogP contribution < -0.4 is 0 Å². The summed E-state index contributed by atoms with van der Waals surface area (Å²) in [7, 11) is 0. The summed E-state index contributed by atoms with van der Waals surface area (Å²) in [6.07, 6.45) is 5.99. The second-order valence-corrected chi connectivity index (χ2v) is 6.70. The summed E-state index contributed by atoms with van der Waals surface area (Å²) < 4.78 is 0. The van der Waals surface area contributed by atoms with Crippen LogP contribution >= 0.6 is 0 Å². The molecule has 3 aromatic carbocycles. The lowest BCUT2D eigenvalue weighted by molar-refractivity contribution is 0.796. The smallest absolute Gasteiger partial charge is 0.0255 e. The van der Waals surface area contributed by atoms with E-state index in [2.05, 4.69) is 86.4 Å². The molecule has 0 bridgehead atoms. The van der Waals surface area contributed by atoms with Crippen LogP contribution in [0.15, 0.2) is 60.7 Å². The molecule has 0 spiro atoms. The topological polar surface area (TPSA) is 0 Å². The molecule has 0 N–H and O–H groups in total. The first-order valence-corrected chi connectivity index (χ1v) is 9.42. The molecule has 0 aliphatic heterocycles. The molecule has 3 aromatic rings. The van der Waals surface area contributed by atoms with E-state index in [9.17, 15) is 0 Å². The van der Waals surface area contributed by atoms with Crippen molar-refractivity contribution >= 4 is 10.8 Å². The molecule has 0 saturated heterocycles. The average molecular weight is 326 g/mol. The van der Waals surface area contributed by atoms with Crippen molar-refractivity contribution in [3.63, 3.8) is 0 Å². The summed E-state index contributed by atoms with van der Waals surface area (Å²) in [5, 5.41) is 2.58. The monoisotopic (exact) mass is 326 g/mol. The van der Waals surface area contributed by atoms with E-state index in [1.165, 1.54) is 47.6 Å². The normalized spacial score (nSPS) is 10.5. The SMILES string of the molecule is CCCCc1ccc2cc(C#Cc3ccc(CCC)cc3)ccc2c1. The second-order valence-electron chi connectivity index (χ2n) is 6.70. The maximum absolute atomic E-state index is 3.30. The van der Waals surface area contributed by atoms with Gasteiger partial charge in [0.1, 0.15) is 0 Å². The van der Waals surface area contributed by atoms with Gasteiger partial charge in [0.05, 0.1) is 0 Å². The first-order chi connectivity index (χ1) is 12.3. The van der Waals surface area contributed by atoms with E-state index in [4.69, 9.17) is 0 Å². The molecule has 0 aromatic heterocycles. The minimum atomic E-state index is 1.08. The van der Waals surface area contributed by atoms with E-state index in [1.54, 1.807) is 0 Å². The van der Waals surface area contributed by atoms with E-state index in [1.807, 2.05) is 0 Å². The minimum absolute atomic E-state index is 1.08. The zero-order valence-electron chi connectivity index (χ0n) is 15.3. The highest BCUT2D eigenvalue weighted by Gasteiger charge is 1.98. The van der Waals surface area contributed by atoms with E-state index >= 15 is 0 Å². The van der Waals surface area contributed by atoms with Gasteiger partial charge in [-0.3, -0.25) is 0 Å². The summed E-state index contributed by atoms with van der Waals surface area (Å²) >= 11 is 0. The third-order valence-electron chi connectivity index (χ3n) is 4.57. The van der Waals surface area contributed by atoms with Crippen molar-refractivity contribution in [1.82, 2.24) is 0 Å². The summed E-state index contributed by atoms with van der Waals surface area (Å²) in [4.78, 5) is 0. The molecule has 25 heavy (non-hydrogen) atoms. The van der Waals surface area contributed by atoms with Gasteiger partial charge in [0.2, 0.25) is 0 Å². The number of hydrogen-bond acceptors (Lipinski definition) is 0. The predicted molar refractivity (Wildman–Crippen MR) is 109 cm³/mol. The van der Waals surface area contributed by atoms with E-state index in [0.29, 0.717) is 0 Å². The number of fused-ring (bicyclic) bond motifs is 1. The third-order valence-corrected chi connectivity index (χ3v) is 4.57. The average Bonchev–Trinajstić information content (AvgIpc) is 2.66. The number of unbranched alkanes of at least 4 members (excludes halogenated alkanes) is 1. The minimum Gasteiger partial charge on any atom is -0.0654 e. The van der Waals surface area contributed by atoms with Gasteiger partial charge >= 0.3 is 0 Å². The predicted octanol–water partition coefficient (Wildman–Crippen LogP) is 6.53. The van der Waals surface area contributed by atoms with Gasteiger partial charge in [-0.2, -0.15) is 0 Å². The molecule has 0 fully saturated rings. The summed E-state index contributed by atoms with van der Waals surface area (Å²) in [5.41, 5.74) is 4.97. The van der Waals surface area contributed by atoms with Crippen LogP contribution in [-0.2, 0) is 12.8 Å². The Kier molecular flexibility index (Phi) is 5.91. The Labute approximate surface area is 151 Å². The zero-order chi connectivity index (χ0) is 17.5. The lowest BCUT2D eigenvalue weighted by atomic mass is 10.0. The maximum atomic E-state index is 3.30. The highest BCUT2D eigenvalue weighted by atomic mass is 14.0. The second kappa shape index (κ2) is 8.54. The zero-order valence-corrected chi connectivity index (χ0v) is 15.3. The molecule has 0 saturated carbocycles.